The number of fused-ring (bicyclic) bond motifs is 1. The first-order chi connectivity index (χ1) is 10.7. The third-order valence-electron chi connectivity index (χ3n) is 4.34. The number of rotatable bonds is 4. The van der Waals surface area contributed by atoms with Gasteiger partial charge in [-0.2, -0.15) is 0 Å². The van der Waals surface area contributed by atoms with Crippen molar-refractivity contribution in [2.75, 3.05) is 26.9 Å². The predicted octanol–water partition coefficient (Wildman–Crippen LogP) is 2.43. The Kier molecular flexibility index (Phi) is 4.62. The van der Waals surface area contributed by atoms with Gasteiger partial charge < -0.3 is 14.6 Å². The van der Waals surface area contributed by atoms with Gasteiger partial charge in [0.2, 0.25) is 0 Å². The van der Waals surface area contributed by atoms with Gasteiger partial charge in [-0.1, -0.05) is 18.2 Å². The first-order valence-corrected chi connectivity index (χ1v) is 7.73. The van der Waals surface area contributed by atoms with Gasteiger partial charge >= 0.3 is 0 Å². The molecule has 0 aliphatic carbocycles. The largest absolute Gasteiger partial charge is 0.497 e. The standard InChI is InChI=1S/C18H23NO3/c1-13-12-22-18(11-20)10-19(13)9-14-3-4-16-8-17(21-2)6-5-15(16)7-14/h3-8,13,18,20H,9-12H2,1-2H3. The number of nitrogens with zero attached hydrogens (tertiary/aromatic N) is 1. The molecule has 0 spiro atoms. The molecule has 0 aromatic heterocycles. The van der Waals surface area contributed by atoms with Crippen LogP contribution in [0.15, 0.2) is 36.4 Å². The summed E-state index contributed by atoms with van der Waals surface area (Å²) < 4.78 is 10.9. The third kappa shape index (κ3) is 3.24. The number of morpholine rings is 1. The van der Waals surface area contributed by atoms with Crippen molar-refractivity contribution in [2.24, 2.45) is 0 Å². The molecular formula is C18H23NO3. The normalized spacial score (nSPS) is 22.9. The van der Waals surface area contributed by atoms with Gasteiger partial charge in [-0.15, -0.1) is 0 Å². The lowest BCUT2D eigenvalue weighted by Crippen LogP contribution is -2.48. The van der Waals surface area contributed by atoms with Crippen molar-refractivity contribution < 1.29 is 14.6 Å². The molecule has 2 aromatic rings. The second-order valence-corrected chi connectivity index (χ2v) is 5.96. The lowest BCUT2D eigenvalue weighted by molar-refractivity contribution is -0.0805. The molecule has 1 aliphatic heterocycles. The first-order valence-electron chi connectivity index (χ1n) is 7.73. The van der Waals surface area contributed by atoms with Crippen LogP contribution in [0.5, 0.6) is 5.75 Å². The summed E-state index contributed by atoms with van der Waals surface area (Å²) in [7, 11) is 1.69. The van der Waals surface area contributed by atoms with Crippen LogP contribution in [0.3, 0.4) is 0 Å². The fourth-order valence-corrected chi connectivity index (χ4v) is 2.94. The molecule has 4 heteroatoms. The van der Waals surface area contributed by atoms with E-state index in [1.54, 1.807) is 7.11 Å². The van der Waals surface area contributed by atoms with E-state index in [1.807, 2.05) is 6.07 Å². The van der Waals surface area contributed by atoms with E-state index < -0.39 is 0 Å². The Morgan fingerprint density at radius 2 is 2.00 bits per heavy atom. The average Bonchev–Trinajstić information content (AvgIpc) is 2.56. The minimum Gasteiger partial charge on any atom is -0.497 e. The van der Waals surface area contributed by atoms with E-state index in [4.69, 9.17) is 9.47 Å². The van der Waals surface area contributed by atoms with Gasteiger partial charge in [0.05, 0.1) is 26.4 Å². The average molecular weight is 301 g/mol. The van der Waals surface area contributed by atoms with Crippen molar-refractivity contribution in [2.45, 2.75) is 25.6 Å². The molecule has 1 fully saturated rings. The highest BCUT2D eigenvalue weighted by Crippen LogP contribution is 2.23. The van der Waals surface area contributed by atoms with Gasteiger partial charge in [0.15, 0.2) is 0 Å². The fourth-order valence-electron chi connectivity index (χ4n) is 2.94. The Hall–Kier alpha value is -1.62. The Morgan fingerprint density at radius 1 is 1.23 bits per heavy atom. The van der Waals surface area contributed by atoms with Crippen molar-refractivity contribution in [3.8, 4) is 5.75 Å². The van der Waals surface area contributed by atoms with Gasteiger partial charge in [-0.3, -0.25) is 4.90 Å². The highest BCUT2D eigenvalue weighted by atomic mass is 16.5. The van der Waals surface area contributed by atoms with Crippen molar-refractivity contribution in [3.63, 3.8) is 0 Å². The number of methoxy groups -OCH3 is 1. The van der Waals surface area contributed by atoms with Crippen LogP contribution in [0.2, 0.25) is 0 Å². The molecule has 1 N–H and O–H groups in total. The minimum absolute atomic E-state index is 0.0686. The second kappa shape index (κ2) is 6.65. The van der Waals surface area contributed by atoms with Crippen LogP contribution in [0.25, 0.3) is 10.8 Å². The topological polar surface area (TPSA) is 41.9 Å². The fraction of sp³-hybridized carbons (Fsp3) is 0.444. The summed E-state index contributed by atoms with van der Waals surface area (Å²) in [5.74, 6) is 0.882. The lowest BCUT2D eigenvalue weighted by atomic mass is 10.1. The molecule has 2 unspecified atom stereocenters. The molecule has 1 saturated heterocycles. The van der Waals surface area contributed by atoms with Gasteiger partial charge in [0.25, 0.3) is 0 Å². The predicted molar refractivity (Wildman–Crippen MR) is 87.2 cm³/mol. The number of hydrogen-bond donors (Lipinski definition) is 1. The Morgan fingerprint density at radius 3 is 2.77 bits per heavy atom. The van der Waals surface area contributed by atoms with Gasteiger partial charge in [0, 0.05) is 19.1 Å². The summed E-state index contributed by atoms with van der Waals surface area (Å²) in [6.07, 6.45) is -0.0686. The molecule has 1 aliphatic rings. The monoisotopic (exact) mass is 301 g/mol. The van der Waals surface area contributed by atoms with Crippen LogP contribution in [0.4, 0.5) is 0 Å². The molecule has 118 valence electrons. The third-order valence-corrected chi connectivity index (χ3v) is 4.34. The van der Waals surface area contributed by atoms with Crippen LogP contribution in [-0.4, -0.2) is 49.0 Å². The molecule has 4 nitrogen and oxygen atoms in total. The first kappa shape index (κ1) is 15.3. The number of hydrogen-bond acceptors (Lipinski definition) is 4. The molecule has 0 radical (unpaired) electrons. The summed E-state index contributed by atoms with van der Waals surface area (Å²) in [6, 6.07) is 13.0. The Bertz CT molecular complexity index is 643. The quantitative estimate of drug-likeness (QED) is 0.942. The molecule has 0 amide bonds. The maximum absolute atomic E-state index is 9.29. The molecule has 0 saturated carbocycles. The van der Waals surface area contributed by atoms with Crippen LogP contribution < -0.4 is 4.74 Å². The van der Waals surface area contributed by atoms with E-state index in [2.05, 4.69) is 42.2 Å². The summed E-state index contributed by atoms with van der Waals surface area (Å²) in [6.45, 7) is 4.58. The number of ether oxygens (including phenoxy) is 2. The van der Waals surface area contributed by atoms with Crippen molar-refractivity contribution in [1.82, 2.24) is 4.90 Å². The Balaban J connectivity index is 1.78. The second-order valence-electron chi connectivity index (χ2n) is 5.96. The van der Waals surface area contributed by atoms with Gasteiger partial charge in [0.1, 0.15) is 5.75 Å². The number of aliphatic hydroxyl groups is 1. The molecule has 3 rings (SSSR count). The summed E-state index contributed by atoms with van der Waals surface area (Å²) >= 11 is 0. The van der Waals surface area contributed by atoms with Crippen LogP contribution in [-0.2, 0) is 11.3 Å². The highest BCUT2D eigenvalue weighted by molar-refractivity contribution is 5.84. The summed E-state index contributed by atoms with van der Waals surface area (Å²) in [5.41, 5.74) is 1.28. The van der Waals surface area contributed by atoms with E-state index in [1.165, 1.54) is 16.3 Å². The van der Waals surface area contributed by atoms with Crippen molar-refractivity contribution >= 4 is 10.8 Å². The van der Waals surface area contributed by atoms with E-state index >= 15 is 0 Å². The number of aliphatic hydroxyl groups excluding tert-OH is 1. The summed E-state index contributed by atoms with van der Waals surface area (Å²) in [4.78, 5) is 2.37. The van der Waals surface area contributed by atoms with E-state index in [9.17, 15) is 5.11 Å². The zero-order valence-electron chi connectivity index (χ0n) is 13.2. The maximum atomic E-state index is 9.29. The smallest absolute Gasteiger partial charge is 0.119 e. The molecule has 22 heavy (non-hydrogen) atoms. The van der Waals surface area contributed by atoms with E-state index in [0.717, 1.165) is 18.8 Å². The van der Waals surface area contributed by atoms with Gasteiger partial charge in [-0.05, 0) is 41.5 Å². The van der Waals surface area contributed by atoms with Crippen molar-refractivity contribution in [1.29, 1.82) is 0 Å². The van der Waals surface area contributed by atoms with E-state index in [0.29, 0.717) is 12.6 Å². The van der Waals surface area contributed by atoms with E-state index in [-0.39, 0.29) is 12.7 Å². The van der Waals surface area contributed by atoms with Crippen molar-refractivity contribution in [3.05, 3.63) is 42.0 Å². The summed E-state index contributed by atoms with van der Waals surface area (Å²) in [5, 5.41) is 11.7. The molecular weight excluding hydrogens is 278 g/mol. The number of benzene rings is 2. The lowest BCUT2D eigenvalue weighted by Gasteiger charge is -2.37. The SMILES string of the molecule is COc1ccc2cc(CN3CC(CO)OCC3C)ccc2c1. The molecule has 0 bridgehead atoms. The van der Waals surface area contributed by atoms with Crippen LogP contribution in [0.1, 0.15) is 12.5 Å². The van der Waals surface area contributed by atoms with Crippen LogP contribution >= 0.6 is 0 Å². The highest BCUT2D eigenvalue weighted by Gasteiger charge is 2.25. The molecule has 2 atom stereocenters. The Labute approximate surface area is 131 Å². The molecule has 2 aromatic carbocycles. The maximum Gasteiger partial charge on any atom is 0.119 e. The zero-order chi connectivity index (χ0) is 15.5. The zero-order valence-corrected chi connectivity index (χ0v) is 13.2. The minimum atomic E-state index is -0.0686. The van der Waals surface area contributed by atoms with Gasteiger partial charge in [-0.25, -0.2) is 0 Å². The molecule has 1 heterocycles. The van der Waals surface area contributed by atoms with Crippen LogP contribution in [0, 0.1) is 0 Å².